The lowest BCUT2D eigenvalue weighted by Crippen LogP contribution is -1.95. The zero-order chi connectivity index (χ0) is 10.7. The highest BCUT2D eigenvalue weighted by molar-refractivity contribution is 5.37. The van der Waals surface area contributed by atoms with Crippen LogP contribution in [0.15, 0.2) is 30.7 Å². The summed E-state index contributed by atoms with van der Waals surface area (Å²) >= 11 is 0. The van der Waals surface area contributed by atoms with Crippen molar-refractivity contribution in [3.8, 4) is 11.8 Å². The highest BCUT2D eigenvalue weighted by Crippen LogP contribution is 2.17. The minimum Gasteiger partial charge on any atom is -0.421 e. The van der Waals surface area contributed by atoms with Crippen LogP contribution in [0.1, 0.15) is 0 Å². The summed E-state index contributed by atoms with van der Waals surface area (Å²) < 4.78 is 5.32. The first-order valence-electron chi connectivity index (χ1n) is 4.21. The average molecular weight is 203 g/mol. The van der Waals surface area contributed by atoms with Crippen molar-refractivity contribution in [2.24, 2.45) is 0 Å². The van der Waals surface area contributed by atoms with Crippen molar-refractivity contribution in [1.29, 1.82) is 0 Å². The third-order valence-corrected chi connectivity index (χ3v) is 1.63. The Bertz CT molecular complexity index is 456. The maximum absolute atomic E-state index is 5.48. The molecule has 0 bridgehead atoms. The summed E-state index contributed by atoms with van der Waals surface area (Å²) in [5.74, 6) is 1.09. The number of nitrogens with zero attached hydrogens (tertiary/aromatic N) is 3. The normalized spacial score (nSPS) is 9.87. The van der Waals surface area contributed by atoms with Gasteiger partial charge in [-0.1, -0.05) is 0 Å². The SMILES string of the molecule is Nc1ccc(Oc2cc(N)ncn2)nc1. The Morgan fingerprint density at radius 1 is 1.00 bits per heavy atom. The second kappa shape index (κ2) is 3.79. The van der Waals surface area contributed by atoms with E-state index >= 15 is 0 Å². The molecule has 0 radical (unpaired) electrons. The first-order valence-corrected chi connectivity index (χ1v) is 4.21. The third kappa shape index (κ3) is 2.31. The Morgan fingerprint density at radius 3 is 2.53 bits per heavy atom. The van der Waals surface area contributed by atoms with Crippen LogP contribution >= 0.6 is 0 Å². The summed E-state index contributed by atoms with van der Waals surface area (Å²) in [6.45, 7) is 0. The van der Waals surface area contributed by atoms with Crippen molar-refractivity contribution < 1.29 is 4.74 Å². The van der Waals surface area contributed by atoms with E-state index in [1.54, 1.807) is 12.1 Å². The summed E-state index contributed by atoms with van der Waals surface area (Å²) in [4.78, 5) is 11.6. The Morgan fingerprint density at radius 2 is 1.87 bits per heavy atom. The van der Waals surface area contributed by atoms with Crippen LogP contribution in [0.25, 0.3) is 0 Å². The van der Waals surface area contributed by atoms with Gasteiger partial charge in [-0.25, -0.2) is 15.0 Å². The van der Waals surface area contributed by atoms with E-state index in [1.807, 2.05) is 0 Å². The lowest BCUT2D eigenvalue weighted by atomic mass is 10.4. The van der Waals surface area contributed by atoms with E-state index in [9.17, 15) is 0 Å². The molecular formula is C9H9N5O. The van der Waals surface area contributed by atoms with Crippen molar-refractivity contribution in [3.05, 3.63) is 30.7 Å². The van der Waals surface area contributed by atoms with Gasteiger partial charge in [-0.05, 0) is 6.07 Å². The molecule has 2 rings (SSSR count). The van der Waals surface area contributed by atoms with Crippen LogP contribution in [0.5, 0.6) is 11.8 Å². The fourth-order valence-electron chi connectivity index (χ4n) is 0.969. The molecule has 2 aromatic rings. The van der Waals surface area contributed by atoms with Gasteiger partial charge in [-0.3, -0.25) is 0 Å². The molecule has 2 heterocycles. The third-order valence-electron chi connectivity index (χ3n) is 1.63. The standard InChI is InChI=1S/C9H9N5O/c10-6-1-2-8(12-4-6)15-9-3-7(11)13-5-14-9/h1-5H,10H2,(H2,11,13,14). The number of hydrogen-bond donors (Lipinski definition) is 2. The number of hydrogen-bond acceptors (Lipinski definition) is 6. The van der Waals surface area contributed by atoms with Crippen LogP contribution in [0.4, 0.5) is 11.5 Å². The van der Waals surface area contributed by atoms with E-state index in [-0.39, 0.29) is 0 Å². The monoisotopic (exact) mass is 203 g/mol. The van der Waals surface area contributed by atoms with Crippen LogP contribution in [0.2, 0.25) is 0 Å². The van der Waals surface area contributed by atoms with Gasteiger partial charge in [0, 0.05) is 12.1 Å². The molecule has 0 atom stereocenters. The zero-order valence-corrected chi connectivity index (χ0v) is 7.79. The first kappa shape index (κ1) is 9.20. The molecular weight excluding hydrogens is 194 g/mol. The number of ether oxygens (including phenoxy) is 1. The Hall–Kier alpha value is -2.37. The van der Waals surface area contributed by atoms with Gasteiger partial charge >= 0.3 is 0 Å². The Labute approximate surface area is 85.9 Å². The fraction of sp³-hybridized carbons (Fsp3) is 0. The van der Waals surface area contributed by atoms with Gasteiger partial charge < -0.3 is 16.2 Å². The van der Waals surface area contributed by atoms with Crippen LogP contribution in [-0.4, -0.2) is 15.0 Å². The topological polar surface area (TPSA) is 99.9 Å². The van der Waals surface area contributed by atoms with Crippen LogP contribution in [0.3, 0.4) is 0 Å². The molecule has 0 saturated heterocycles. The van der Waals surface area contributed by atoms with Gasteiger partial charge in [0.2, 0.25) is 11.8 Å². The maximum atomic E-state index is 5.48. The molecule has 0 aromatic carbocycles. The highest BCUT2D eigenvalue weighted by Gasteiger charge is 2.00. The van der Waals surface area contributed by atoms with Crippen LogP contribution in [0, 0.1) is 0 Å². The number of anilines is 2. The van der Waals surface area contributed by atoms with Crippen molar-refractivity contribution in [2.75, 3.05) is 11.5 Å². The van der Waals surface area contributed by atoms with Crippen LogP contribution < -0.4 is 16.2 Å². The molecule has 6 heteroatoms. The zero-order valence-electron chi connectivity index (χ0n) is 7.79. The van der Waals surface area contributed by atoms with E-state index in [1.165, 1.54) is 18.6 Å². The largest absolute Gasteiger partial charge is 0.421 e. The van der Waals surface area contributed by atoms with Gasteiger partial charge in [0.25, 0.3) is 0 Å². The second-order valence-corrected chi connectivity index (χ2v) is 2.81. The lowest BCUT2D eigenvalue weighted by Gasteiger charge is -2.03. The molecule has 4 N–H and O–H groups in total. The number of pyridine rings is 1. The van der Waals surface area contributed by atoms with Crippen LogP contribution in [-0.2, 0) is 0 Å². The molecule has 76 valence electrons. The highest BCUT2D eigenvalue weighted by atomic mass is 16.5. The summed E-state index contributed by atoms with van der Waals surface area (Å²) in [5.41, 5.74) is 11.5. The molecule has 6 nitrogen and oxygen atoms in total. The van der Waals surface area contributed by atoms with Gasteiger partial charge in [0.1, 0.15) is 12.1 Å². The van der Waals surface area contributed by atoms with Gasteiger partial charge in [0.05, 0.1) is 11.9 Å². The molecule has 0 aliphatic rings. The molecule has 0 fully saturated rings. The number of nitrogen functional groups attached to an aromatic ring is 2. The van der Waals surface area contributed by atoms with E-state index in [2.05, 4.69) is 15.0 Å². The molecule has 0 spiro atoms. The molecule has 0 saturated carbocycles. The molecule has 0 aliphatic carbocycles. The van der Waals surface area contributed by atoms with Gasteiger partial charge in [-0.2, -0.15) is 0 Å². The first-order chi connectivity index (χ1) is 7.24. The Balaban J connectivity index is 2.18. The summed E-state index contributed by atoms with van der Waals surface area (Å²) in [7, 11) is 0. The Kier molecular flexibility index (Phi) is 2.32. The summed E-state index contributed by atoms with van der Waals surface area (Å²) in [6.07, 6.45) is 2.82. The second-order valence-electron chi connectivity index (χ2n) is 2.81. The quantitative estimate of drug-likeness (QED) is 0.749. The van der Waals surface area contributed by atoms with Gasteiger partial charge in [0.15, 0.2) is 0 Å². The number of nitrogens with two attached hydrogens (primary N) is 2. The minimum atomic E-state index is 0.343. The van der Waals surface area contributed by atoms with Gasteiger partial charge in [-0.15, -0.1) is 0 Å². The number of aromatic nitrogens is 3. The molecule has 0 aliphatic heterocycles. The van der Waals surface area contributed by atoms with E-state index < -0.39 is 0 Å². The average Bonchev–Trinajstić information content (AvgIpc) is 2.22. The summed E-state index contributed by atoms with van der Waals surface area (Å²) in [5, 5.41) is 0. The van der Waals surface area contributed by atoms with E-state index in [4.69, 9.17) is 16.2 Å². The molecule has 0 amide bonds. The van der Waals surface area contributed by atoms with E-state index in [0.29, 0.717) is 23.3 Å². The predicted molar refractivity (Wildman–Crippen MR) is 55.2 cm³/mol. The van der Waals surface area contributed by atoms with Crippen molar-refractivity contribution in [1.82, 2.24) is 15.0 Å². The van der Waals surface area contributed by atoms with Crippen molar-refractivity contribution in [2.45, 2.75) is 0 Å². The smallest absolute Gasteiger partial charge is 0.226 e. The van der Waals surface area contributed by atoms with Crippen molar-refractivity contribution >= 4 is 11.5 Å². The lowest BCUT2D eigenvalue weighted by molar-refractivity contribution is 0.444. The fourth-order valence-corrected chi connectivity index (χ4v) is 0.969. The molecule has 2 aromatic heterocycles. The molecule has 15 heavy (non-hydrogen) atoms. The minimum absolute atomic E-state index is 0.343. The van der Waals surface area contributed by atoms with E-state index in [0.717, 1.165) is 0 Å². The maximum Gasteiger partial charge on any atom is 0.226 e. The predicted octanol–water partition coefficient (Wildman–Crippen LogP) is 0.828. The molecule has 0 unspecified atom stereocenters. The number of rotatable bonds is 2. The summed E-state index contributed by atoms with van der Waals surface area (Å²) in [6, 6.07) is 4.85. The van der Waals surface area contributed by atoms with Crippen molar-refractivity contribution in [3.63, 3.8) is 0 Å².